The predicted molar refractivity (Wildman–Crippen MR) is 164 cm³/mol. The molecular weight excluding hydrogens is 571 g/mol. The first-order valence-corrected chi connectivity index (χ1v) is 15.0. The maximum atomic E-state index is 13.9. The molecule has 0 saturated carbocycles. The van der Waals surface area contributed by atoms with Crippen LogP contribution in [0, 0.1) is 13.8 Å². The number of fused-ring (bicyclic) bond motifs is 1. The zero-order chi connectivity index (χ0) is 32.0. The van der Waals surface area contributed by atoms with Gasteiger partial charge in [0.15, 0.2) is 5.69 Å². The Kier molecular flexibility index (Phi) is 10.7. The van der Waals surface area contributed by atoms with Crippen molar-refractivity contribution in [3.63, 3.8) is 0 Å². The molecule has 2 aromatic carbocycles. The summed E-state index contributed by atoms with van der Waals surface area (Å²) in [4.78, 5) is 33.5. The molecule has 0 atom stereocenters. The molecule has 11 heteroatoms. The molecule has 0 bridgehead atoms. The molecular formula is C33H42F3N5O3. The van der Waals surface area contributed by atoms with Gasteiger partial charge in [-0.1, -0.05) is 30.3 Å². The molecule has 1 aliphatic rings. The van der Waals surface area contributed by atoms with Gasteiger partial charge in [0.1, 0.15) is 5.75 Å². The first-order valence-electron chi connectivity index (χ1n) is 15.0. The second-order valence-corrected chi connectivity index (χ2v) is 11.6. The Morgan fingerprint density at radius 2 is 1.70 bits per heavy atom. The van der Waals surface area contributed by atoms with E-state index in [1.807, 2.05) is 54.3 Å². The van der Waals surface area contributed by atoms with Crippen molar-refractivity contribution in [2.45, 2.75) is 72.3 Å². The number of carbonyl (C=O) groups is 2. The number of hydrogen-bond donors (Lipinski definition) is 0. The quantitative estimate of drug-likeness (QED) is 0.345. The molecule has 4 rings (SSSR count). The van der Waals surface area contributed by atoms with Crippen LogP contribution in [0.4, 0.5) is 18.9 Å². The third-order valence-corrected chi connectivity index (χ3v) is 8.14. The molecule has 8 nitrogen and oxygen atoms in total. The lowest BCUT2D eigenvalue weighted by Gasteiger charge is -2.30. The van der Waals surface area contributed by atoms with Crippen LogP contribution in [0.5, 0.6) is 5.75 Å². The van der Waals surface area contributed by atoms with Crippen molar-refractivity contribution in [2.75, 3.05) is 38.2 Å². The van der Waals surface area contributed by atoms with Gasteiger partial charge in [-0.25, -0.2) is 0 Å². The number of alkyl halides is 3. The van der Waals surface area contributed by atoms with Gasteiger partial charge in [-0.15, -0.1) is 0 Å². The minimum Gasteiger partial charge on any atom is -0.497 e. The standard InChI is InChI=1S/C33H42F3N5O3/c1-23(2)38-15-7-16-40(31(43)21-26-10-12-28(44-5)13-11-26)32-24(3)8-6-9-27(32)22-39(19-18-38)30(42)14-17-41-25(4)20-29(37-41)33(34,35)36/h6,8-13,20,23H,7,14-19,21-22H2,1-5H3. The largest absolute Gasteiger partial charge is 0.497 e. The van der Waals surface area contributed by atoms with Crippen molar-refractivity contribution in [1.82, 2.24) is 19.6 Å². The number of aromatic nitrogens is 2. The van der Waals surface area contributed by atoms with E-state index in [1.165, 1.54) is 4.68 Å². The van der Waals surface area contributed by atoms with Crippen molar-refractivity contribution in [3.05, 3.63) is 76.6 Å². The average Bonchev–Trinajstić information content (AvgIpc) is 3.34. The third kappa shape index (κ3) is 8.19. The number of methoxy groups -OCH3 is 1. The third-order valence-electron chi connectivity index (χ3n) is 8.14. The van der Waals surface area contributed by atoms with E-state index >= 15 is 0 Å². The van der Waals surface area contributed by atoms with Crippen LogP contribution < -0.4 is 9.64 Å². The maximum absolute atomic E-state index is 13.9. The van der Waals surface area contributed by atoms with Crippen LogP contribution in [-0.4, -0.2) is 70.7 Å². The first-order chi connectivity index (χ1) is 20.9. The highest BCUT2D eigenvalue weighted by Crippen LogP contribution is 2.30. The topological polar surface area (TPSA) is 70.9 Å². The maximum Gasteiger partial charge on any atom is 0.435 e. The highest BCUT2D eigenvalue weighted by molar-refractivity contribution is 5.96. The number of nitrogens with zero attached hydrogens (tertiary/aromatic N) is 5. The van der Waals surface area contributed by atoms with Gasteiger partial charge in [-0.2, -0.15) is 18.3 Å². The van der Waals surface area contributed by atoms with Gasteiger partial charge in [0, 0.05) is 57.4 Å². The zero-order valence-corrected chi connectivity index (χ0v) is 26.2. The molecule has 3 aromatic rings. The van der Waals surface area contributed by atoms with Crippen molar-refractivity contribution in [2.24, 2.45) is 0 Å². The van der Waals surface area contributed by atoms with E-state index in [4.69, 9.17) is 4.74 Å². The molecule has 2 heterocycles. The van der Waals surface area contributed by atoms with Crippen molar-refractivity contribution >= 4 is 17.5 Å². The van der Waals surface area contributed by atoms with Gasteiger partial charge in [0.05, 0.1) is 19.2 Å². The number of rotatable bonds is 7. The Morgan fingerprint density at radius 1 is 0.977 bits per heavy atom. The molecule has 0 radical (unpaired) electrons. The number of hydrogen-bond acceptors (Lipinski definition) is 5. The van der Waals surface area contributed by atoms with Gasteiger partial charge < -0.3 is 14.5 Å². The van der Waals surface area contributed by atoms with Gasteiger partial charge in [-0.05, 0) is 69.0 Å². The van der Waals surface area contributed by atoms with Crippen molar-refractivity contribution in [3.8, 4) is 5.75 Å². The van der Waals surface area contributed by atoms with Crippen molar-refractivity contribution < 1.29 is 27.5 Å². The first kappa shape index (κ1) is 33.0. The van der Waals surface area contributed by atoms with E-state index in [0.717, 1.165) is 47.2 Å². The van der Waals surface area contributed by atoms with Gasteiger partial charge in [0.25, 0.3) is 0 Å². The predicted octanol–water partition coefficient (Wildman–Crippen LogP) is 5.64. The highest BCUT2D eigenvalue weighted by atomic mass is 19.4. The Balaban J connectivity index is 1.62. The number of carbonyl (C=O) groups excluding carboxylic acids is 2. The average molecular weight is 614 g/mol. The minimum absolute atomic E-state index is 0.00274. The van der Waals surface area contributed by atoms with E-state index < -0.39 is 11.9 Å². The second kappa shape index (κ2) is 14.3. The minimum atomic E-state index is -4.54. The summed E-state index contributed by atoms with van der Waals surface area (Å²) in [6.45, 7) is 10.4. The van der Waals surface area contributed by atoms with Crippen LogP contribution >= 0.6 is 0 Å². The fraction of sp³-hybridized carbons (Fsp3) is 0.485. The van der Waals surface area contributed by atoms with Crippen LogP contribution in [-0.2, 0) is 35.3 Å². The number of para-hydroxylation sites is 1. The molecule has 2 amide bonds. The van der Waals surface area contributed by atoms with E-state index in [0.29, 0.717) is 25.3 Å². The molecule has 0 saturated heterocycles. The summed E-state index contributed by atoms with van der Waals surface area (Å²) in [6.07, 6.45) is -3.56. The normalized spacial score (nSPS) is 15.2. The monoisotopic (exact) mass is 613 g/mol. The summed E-state index contributed by atoms with van der Waals surface area (Å²) in [5.74, 6) is 0.508. The summed E-state index contributed by atoms with van der Waals surface area (Å²) in [6, 6.07) is 14.5. The molecule has 0 aliphatic carbocycles. The van der Waals surface area contributed by atoms with Crippen LogP contribution in [0.15, 0.2) is 48.5 Å². The Bertz CT molecular complexity index is 1440. The van der Waals surface area contributed by atoms with E-state index in [-0.39, 0.29) is 43.8 Å². The molecule has 0 N–H and O–H groups in total. The SMILES string of the molecule is COc1ccc(CC(=O)N2CCCN(C(C)C)CCN(C(=O)CCn3nc(C(F)(F)F)cc3C)Cc3cccc(C)c32)cc1. The van der Waals surface area contributed by atoms with Gasteiger partial charge >= 0.3 is 6.18 Å². The molecule has 1 aromatic heterocycles. The summed E-state index contributed by atoms with van der Waals surface area (Å²) < 4.78 is 46.1. The fourth-order valence-electron chi connectivity index (χ4n) is 5.65. The van der Waals surface area contributed by atoms with Crippen molar-refractivity contribution in [1.29, 1.82) is 0 Å². The lowest BCUT2D eigenvalue weighted by atomic mass is 10.0. The number of ether oxygens (including phenoxy) is 1. The highest BCUT2D eigenvalue weighted by Gasteiger charge is 2.34. The van der Waals surface area contributed by atoms with Crippen LogP contribution in [0.2, 0.25) is 0 Å². The Hall–Kier alpha value is -3.86. The second-order valence-electron chi connectivity index (χ2n) is 11.6. The van der Waals surface area contributed by atoms with Crippen LogP contribution in [0.1, 0.15) is 54.8 Å². The number of halogens is 3. The molecule has 0 spiro atoms. The number of aryl methyl sites for hydroxylation is 3. The smallest absolute Gasteiger partial charge is 0.435 e. The van der Waals surface area contributed by atoms with E-state index in [2.05, 4.69) is 23.8 Å². The number of benzene rings is 2. The van der Waals surface area contributed by atoms with Crippen LogP contribution in [0.25, 0.3) is 0 Å². The lowest BCUT2D eigenvalue weighted by molar-refractivity contribution is -0.141. The zero-order valence-electron chi connectivity index (χ0n) is 26.2. The Labute approximate surface area is 257 Å². The number of anilines is 1. The van der Waals surface area contributed by atoms with E-state index in [1.54, 1.807) is 18.9 Å². The molecule has 238 valence electrons. The summed E-state index contributed by atoms with van der Waals surface area (Å²) in [5, 5.41) is 3.69. The molecule has 0 fully saturated rings. The molecule has 44 heavy (non-hydrogen) atoms. The van der Waals surface area contributed by atoms with Gasteiger partial charge in [-0.3, -0.25) is 19.2 Å². The Morgan fingerprint density at radius 3 is 2.34 bits per heavy atom. The van der Waals surface area contributed by atoms with Gasteiger partial charge in [0.2, 0.25) is 11.8 Å². The van der Waals surface area contributed by atoms with E-state index in [9.17, 15) is 22.8 Å². The summed E-state index contributed by atoms with van der Waals surface area (Å²) in [7, 11) is 1.60. The summed E-state index contributed by atoms with van der Waals surface area (Å²) in [5.41, 5.74) is 2.86. The summed E-state index contributed by atoms with van der Waals surface area (Å²) >= 11 is 0. The molecule has 0 unspecified atom stereocenters. The number of amides is 2. The van der Waals surface area contributed by atoms with Crippen LogP contribution in [0.3, 0.4) is 0 Å². The lowest BCUT2D eigenvalue weighted by Crippen LogP contribution is -2.41. The fourth-order valence-corrected chi connectivity index (χ4v) is 5.65. The molecule has 1 aliphatic heterocycles.